The van der Waals surface area contributed by atoms with Crippen LogP contribution < -0.4 is 11.1 Å². The van der Waals surface area contributed by atoms with E-state index in [4.69, 9.17) is 5.73 Å². The molecule has 3 nitrogen and oxygen atoms in total. The molecule has 0 saturated carbocycles. The van der Waals surface area contributed by atoms with E-state index in [1.807, 2.05) is 18.2 Å². The predicted molar refractivity (Wildman–Crippen MR) is 75.0 cm³/mol. The zero-order valence-corrected chi connectivity index (χ0v) is 11.5. The van der Waals surface area contributed by atoms with E-state index in [9.17, 15) is 4.79 Å². The molecule has 1 rings (SSSR count). The lowest BCUT2D eigenvalue weighted by molar-refractivity contribution is -0.121. The Hall–Kier alpha value is -1.35. The van der Waals surface area contributed by atoms with Gasteiger partial charge in [0.1, 0.15) is 0 Å². The van der Waals surface area contributed by atoms with Gasteiger partial charge in [0.2, 0.25) is 5.91 Å². The SMILES string of the molecule is CCC(CC)[C@H](NC(C)c1ccccc1)C(N)=O. The number of carbonyl (C=O) groups excluding carboxylic acids is 1. The highest BCUT2D eigenvalue weighted by molar-refractivity contribution is 5.80. The van der Waals surface area contributed by atoms with Crippen LogP contribution in [-0.2, 0) is 4.79 Å². The van der Waals surface area contributed by atoms with Crippen molar-refractivity contribution in [3.63, 3.8) is 0 Å². The summed E-state index contributed by atoms with van der Waals surface area (Å²) >= 11 is 0. The summed E-state index contributed by atoms with van der Waals surface area (Å²) in [5.74, 6) is 0.0418. The summed E-state index contributed by atoms with van der Waals surface area (Å²) in [4.78, 5) is 11.6. The molecule has 0 radical (unpaired) electrons. The molecule has 0 bridgehead atoms. The number of hydrogen-bond acceptors (Lipinski definition) is 2. The minimum absolute atomic E-state index is 0.129. The van der Waals surface area contributed by atoms with E-state index in [2.05, 4.69) is 38.2 Å². The summed E-state index contributed by atoms with van der Waals surface area (Å²) in [7, 11) is 0. The van der Waals surface area contributed by atoms with Crippen LogP contribution in [0.2, 0.25) is 0 Å². The lowest BCUT2D eigenvalue weighted by atomic mass is 9.92. The maximum absolute atomic E-state index is 11.6. The predicted octanol–water partition coefficient (Wildman–Crippen LogP) is 2.63. The fourth-order valence-electron chi connectivity index (χ4n) is 2.32. The van der Waals surface area contributed by atoms with Crippen molar-refractivity contribution in [3.05, 3.63) is 35.9 Å². The van der Waals surface area contributed by atoms with Gasteiger partial charge in [-0.25, -0.2) is 0 Å². The van der Waals surface area contributed by atoms with Crippen LogP contribution in [0, 0.1) is 5.92 Å². The van der Waals surface area contributed by atoms with Gasteiger partial charge in [-0.15, -0.1) is 0 Å². The van der Waals surface area contributed by atoms with Crippen molar-refractivity contribution < 1.29 is 4.79 Å². The Kier molecular flexibility index (Phi) is 5.86. The van der Waals surface area contributed by atoms with E-state index in [1.165, 1.54) is 5.56 Å². The molecule has 0 aliphatic carbocycles. The number of carbonyl (C=O) groups is 1. The van der Waals surface area contributed by atoms with E-state index in [-0.39, 0.29) is 18.0 Å². The molecule has 0 saturated heterocycles. The van der Waals surface area contributed by atoms with Crippen LogP contribution in [0.4, 0.5) is 0 Å². The van der Waals surface area contributed by atoms with Gasteiger partial charge in [-0.3, -0.25) is 10.1 Å². The maximum Gasteiger partial charge on any atom is 0.234 e. The normalized spacial score (nSPS) is 14.4. The van der Waals surface area contributed by atoms with Crippen LogP contribution in [-0.4, -0.2) is 11.9 Å². The smallest absolute Gasteiger partial charge is 0.234 e. The molecule has 100 valence electrons. The van der Waals surface area contributed by atoms with Gasteiger partial charge in [0.25, 0.3) is 0 Å². The summed E-state index contributed by atoms with van der Waals surface area (Å²) in [6.45, 7) is 6.26. The van der Waals surface area contributed by atoms with Crippen LogP contribution in [0.1, 0.15) is 45.2 Å². The second kappa shape index (κ2) is 7.17. The van der Waals surface area contributed by atoms with Gasteiger partial charge in [-0.2, -0.15) is 0 Å². The molecule has 1 unspecified atom stereocenters. The number of benzene rings is 1. The van der Waals surface area contributed by atoms with Crippen molar-refractivity contribution >= 4 is 5.91 Å². The molecule has 2 atom stereocenters. The molecular weight excluding hydrogens is 224 g/mol. The molecule has 1 aromatic rings. The Morgan fingerprint density at radius 1 is 1.22 bits per heavy atom. The molecule has 0 fully saturated rings. The molecule has 3 heteroatoms. The molecule has 3 N–H and O–H groups in total. The fraction of sp³-hybridized carbons (Fsp3) is 0.533. The van der Waals surface area contributed by atoms with Crippen LogP contribution >= 0.6 is 0 Å². The highest BCUT2D eigenvalue weighted by Crippen LogP contribution is 2.18. The molecule has 1 aromatic carbocycles. The van der Waals surface area contributed by atoms with Crippen LogP contribution in [0.15, 0.2) is 30.3 Å². The second-order valence-electron chi connectivity index (χ2n) is 4.76. The Morgan fingerprint density at radius 3 is 2.22 bits per heavy atom. The number of rotatable bonds is 7. The topological polar surface area (TPSA) is 55.1 Å². The summed E-state index contributed by atoms with van der Waals surface area (Å²) in [5.41, 5.74) is 6.69. The van der Waals surface area contributed by atoms with Gasteiger partial charge >= 0.3 is 0 Å². The van der Waals surface area contributed by atoms with Gasteiger partial charge in [0.05, 0.1) is 6.04 Å². The van der Waals surface area contributed by atoms with Crippen LogP contribution in [0.3, 0.4) is 0 Å². The Labute approximate surface area is 110 Å². The van der Waals surface area contributed by atoms with Gasteiger partial charge < -0.3 is 5.73 Å². The minimum atomic E-state index is -0.258. The van der Waals surface area contributed by atoms with E-state index >= 15 is 0 Å². The van der Waals surface area contributed by atoms with Crippen molar-refractivity contribution in [2.24, 2.45) is 11.7 Å². The van der Waals surface area contributed by atoms with Crippen LogP contribution in [0.5, 0.6) is 0 Å². The Morgan fingerprint density at radius 2 is 1.78 bits per heavy atom. The van der Waals surface area contributed by atoms with E-state index < -0.39 is 0 Å². The van der Waals surface area contributed by atoms with E-state index in [0.29, 0.717) is 5.92 Å². The Balaban J connectivity index is 2.75. The second-order valence-corrected chi connectivity index (χ2v) is 4.76. The highest BCUT2D eigenvalue weighted by Gasteiger charge is 2.25. The molecule has 0 heterocycles. The molecule has 0 aliphatic heterocycles. The van der Waals surface area contributed by atoms with E-state index in [0.717, 1.165) is 12.8 Å². The lowest BCUT2D eigenvalue weighted by Gasteiger charge is -2.27. The quantitative estimate of drug-likeness (QED) is 0.779. The highest BCUT2D eigenvalue weighted by atomic mass is 16.1. The van der Waals surface area contributed by atoms with Crippen molar-refractivity contribution in [2.45, 2.75) is 45.7 Å². The molecule has 0 aromatic heterocycles. The zero-order valence-electron chi connectivity index (χ0n) is 11.5. The number of hydrogen-bond donors (Lipinski definition) is 2. The third-order valence-corrected chi connectivity index (χ3v) is 3.56. The first-order valence-corrected chi connectivity index (χ1v) is 6.70. The molecule has 0 aliphatic rings. The molecule has 18 heavy (non-hydrogen) atoms. The van der Waals surface area contributed by atoms with Gasteiger partial charge in [-0.1, -0.05) is 57.0 Å². The monoisotopic (exact) mass is 248 g/mol. The molecule has 0 spiro atoms. The average molecular weight is 248 g/mol. The number of nitrogens with two attached hydrogens (primary N) is 1. The lowest BCUT2D eigenvalue weighted by Crippen LogP contribution is -2.47. The van der Waals surface area contributed by atoms with Crippen molar-refractivity contribution in [2.75, 3.05) is 0 Å². The zero-order chi connectivity index (χ0) is 13.5. The van der Waals surface area contributed by atoms with Gasteiger partial charge in [-0.05, 0) is 18.4 Å². The fourth-order valence-corrected chi connectivity index (χ4v) is 2.32. The molecular formula is C15H24N2O. The van der Waals surface area contributed by atoms with Gasteiger partial charge in [0, 0.05) is 6.04 Å². The first-order valence-electron chi connectivity index (χ1n) is 6.70. The summed E-state index contributed by atoms with van der Waals surface area (Å²) in [5, 5.41) is 3.36. The first kappa shape index (κ1) is 14.7. The molecule has 1 amide bonds. The van der Waals surface area contributed by atoms with Gasteiger partial charge in [0.15, 0.2) is 0 Å². The largest absolute Gasteiger partial charge is 0.368 e. The number of primary amides is 1. The average Bonchev–Trinajstić information content (AvgIpc) is 2.39. The number of nitrogens with one attached hydrogen (secondary N) is 1. The van der Waals surface area contributed by atoms with Crippen LogP contribution in [0.25, 0.3) is 0 Å². The summed E-state index contributed by atoms with van der Waals surface area (Å²) in [6.07, 6.45) is 1.91. The third kappa shape index (κ3) is 3.84. The maximum atomic E-state index is 11.6. The third-order valence-electron chi connectivity index (χ3n) is 3.56. The summed E-state index contributed by atoms with van der Waals surface area (Å²) < 4.78 is 0. The van der Waals surface area contributed by atoms with Crippen molar-refractivity contribution in [3.8, 4) is 0 Å². The Bertz CT molecular complexity index is 360. The first-order chi connectivity index (χ1) is 8.60. The number of amides is 1. The van der Waals surface area contributed by atoms with E-state index in [1.54, 1.807) is 0 Å². The summed E-state index contributed by atoms with van der Waals surface area (Å²) in [6, 6.07) is 9.99. The van der Waals surface area contributed by atoms with Crippen molar-refractivity contribution in [1.29, 1.82) is 0 Å². The minimum Gasteiger partial charge on any atom is -0.368 e. The van der Waals surface area contributed by atoms with Crippen molar-refractivity contribution in [1.82, 2.24) is 5.32 Å². The standard InChI is InChI=1S/C15H24N2O/c1-4-12(5-2)14(15(16)18)17-11(3)13-9-7-6-8-10-13/h6-12,14,17H,4-5H2,1-3H3,(H2,16,18)/t11?,14-/m0/s1.